The number of thioether (sulfide) groups is 1. The topological polar surface area (TPSA) is 65.5 Å². The molecule has 20 heavy (non-hydrogen) atoms. The molecule has 1 aliphatic rings. The van der Waals surface area contributed by atoms with Crippen molar-refractivity contribution in [1.29, 1.82) is 0 Å². The summed E-state index contributed by atoms with van der Waals surface area (Å²) in [4.78, 5) is 27.3. The van der Waals surface area contributed by atoms with Crippen LogP contribution in [0.2, 0.25) is 0 Å². The first-order chi connectivity index (χ1) is 9.72. The summed E-state index contributed by atoms with van der Waals surface area (Å²) in [6.45, 7) is 0.321. The zero-order valence-electron chi connectivity index (χ0n) is 10.4. The van der Waals surface area contributed by atoms with E-state index in [1.165, 1.54) is 23.1 Å². The molecule has 0 aliphatic carbocycles. The highest BCUT2D eigenvalue weighted by atomic mass is 32.2. The van der Waals surface area contributed by atoms with Crippen LogP contribution in [0.25, 0.3) is 10.2 Å². The highest BCUT2D eigenvalue weighted by Crippen LogP contribution is 2.29. The van der Waals surface area contributed by atoms with Crippen LogP contribution in [0.1, 0.15) is 6.42 Å². The molecule has 0 amide bonds. The van der Waals surface area contributed by atoms with E-state index in [4.69, 9.17) is 9.47 Å². The maximum atomic E-state index is 11.7. The molecule has 0 spiro atoms. The van der Waals surface area contributed by atoms with Crippen LogP contribution in [0.3, 0.4) is 0 Å². The Bertz CT molecular complexity index is 622. The van der Waals surface area contributed by atoms with Crippen molar-refractivity contribution in [3.63, 3.8) is 0 Å². The molecule has 1 saturated heterocycles. The van der Waals surface area contributed by atoms with Crippen LogP contribution in [0, 0.1) is 0 Å². The van der Waals surface area contributed by atoms with Crippen LogP contribution in [0.15, 0.2) is 28.6 Å². The van der Waals surface area contributed by atoms with E-state index < -0.39 is 18.0 Å². The molecule has 1 fully saturated rings. The Labute approximate surface area is 123 Å². The van der Waals surface area contributed by atoms with Gasteiger partial charge < -0.3 is 9.47 Å². The van der Waals surface area contributed by atoms with Crippen molar-refractivity contribution in [2.45, 2.75) is 16.9 Å². The number of hydrogen-bond donors (Lipinski definition) is 0. The van der Waals surface area contributed by atoms with Crippen LogP contribution >= 0.6 is 23.1 Å². The zero-order valence-corrected chi connectivity index (χ0v) is 12.0. The lowest BCUT2D eigenvalue weighted by molar-refractivity contribution is -0.158. The number of thiazole rings is 1. The number of fused-ring (bicyclic) bond motifs is 1. The smallest absolute Gasteiger partial charge is 0.347 e. The van der Waals surface area contributed by atoms with E-state index in [1.807, 2.05) is 24.3 Å². The third-order valence-corrected chi connectivity index (χ3v) is 4.90. The average molecular weight is 309 g/mol. The Morgan fingerprint density at radius 3 is 3.10 bits per heavy atom. The monoisotopic (exact) mass is 309 g/mol. The molecule has 1 aromatic carbocycles. The first kappa shape index (κ1) is 13.4. The van der Waals surface area contributed by atoms with Crippen LogP contribution in [-0.4, -0.2) is 35.4 Å². The SMILES string of the molecule is O=C(CSc1nc2ccccc2s1)O[C@@H]1CCOC1=O. The van der Waals surface area contributed by atoms with Gasteiger partial charge in [0.25, 0.3) is 0 Å². The lowest BCUT2D eigenvalue weighted by Crippen LogP contribution is -2.23. The fraction of sp³-hybridized carbons (Fsp3) is 0.308. The van der Waals surface area contributed by atoms with E-state index in [2.05, 4.69) is 4.98 Å². The van der Waals surface area contributed by atoms with Crippen LogP contribution in [-0.2, 0) is 19.1 Å². The maximum Gasteiger partial charge on any atom is 0.347 e. The summed E-state index contributed by atoms with van der Waals surface area (Å²) >= 11 is 2.85. The minimum absolute atomic E-state index is 0.142. The van der Waals surface area contributed by atoms with Crippen LogP contribution in [0.5, 0.6) is 0 Å². The Hall–Kier alpha value is -1.60. The highest BCUT2D eigenvalue weighted by molar-refractivity contribution is 8.01. The molecule has 0 saturated carbocycles. The Kier molecular flexibility index (Phi) is 3.88. The maximum absolute atomic E-state index is 11.7. The summed E-state index contributed by atoms with van der Waals surface area (Å²) in [5.74, 6) is -0.731. The van der Waals surface area contributed by atoms with Gasteiger partial charge in [0.2, 0.25) is 6.10 Å². The third-order valence-electron chi connectivity index (χ3n) is 2.75. The van der Waals surface area contributed by atoms with Gasteiger partial charge in [-0.1, -0.05) is 23.9 Å². The van der Waals surface area contributed by atoms with Gasteiger partial charge in [-0.25, -0.2) is 9.78 Å². The summed E-state index contributed by atoms with van der Waals surface area (Å²) in [6.07, 6.45) is -0.297. The summed E-state index contributed by atoms with van der Waals surface area (Å²) < 4.78 is 11.7. The van der Waals surface area contributed by atoms with Crippen molar-refractivity contribution in [1.82, 2.24) is 4.98 Å². The van der Waals surface area contributed by atoms with Gasteiger partial charge in [-0.05, 0) is 12.1 Å². The minimum Gasteiger partial charge on any atom is -0.463 e. The molecule has 2 heterocycles. The molecule has 1 aromatic heterocycles. The van der Waals surface area contributed by atoms with Gasteiger partial charge in [0.1, 0.15) is 0 Å². The average Bonchev–Trinajstić information content (AvgIpc) is 3.03. The molecule has 5 nitrogen and oxygen atoms in total. The number of nitrogens with zero attached hydrogens (tertiary/aromatic N) is 1. The van der Waals surface area contributed by atoms with Crippen molar-refractivity contribution in [3.05, 3.63) is 24.3 Å². The van der Waals surface area contributed by atoms with Crippen molar-refractivity contribution < 1.29 is 19.1 Å². The van der Waals surface area contributed by atoms with Gasteiger partial charge in [0.05, 0.1) is 22.6 Å². The summed E-state index contributed by atoms with van der Waals surface area (Å²) in [5, 5.41) is 0. The summed E-state index contributed by atoms with van der Waals surface area (Å²) in [7, 11) is 0. The third kappa shape index (κ3) is 2.94. The van der Waals surface area contributed by atoms with Crippen LogP contribution in [0.4, 0.5) is 0 Å². The predicted molar refractivity (Wildman–Crippen MR) is 75.8 cm³/mol. The number of rotatable bonds is 4. The Balaban J connectivity index is 1.56. The van der Waals surface area contributed by atoms with Gasteiger partial charge in [-0.2, -0.15) is 0 Å². The van der Waals surface area contributed by atoms with E-state index in [0.717, 1.165) is 14.6 Å². The number of carbonyl (C=O) groups excluding carboxylic acids is 2. The van der Waals surface area contributed by atoms with E-state index in [9.17, 15) is 9.59 Å². The molecule has 0 bridgehead atoms. The number of cyclic esters (lactones) is 1. The normalized spacial score (nSPS) is 18.2. The molecule has 104 valence electrons. The molecule has 3 rings (SSSR count). The number of hydrogen-bond acceptors (Lipinski definition) is 7. The molecule has 0 radical (unpaired) electrons. The number of ether oxygens (including phenoxy) is 2. The quantitative estimate of drug-likeness (QED) is 0.637. The molecule has 7 heteroatoms. The number of para-hydroxylation sites is 1. The minimum atomic E-state index is -0.738. The summed E-state index contributed by atoms with van der Waals surface area (Å²) in [5.41, 5.74) is 0.924. The molecule has 0 N–H and O–H groups in total. The number of carbonyl (C=O) groups is 2. The lowest BCUT2D eigenvalue weighted by atomic mass is 10.3. The van der Waals surface area contributed by atoms with Crippen molar-refractivity contribution >= 4 is 45.3 Å². The molecule has 1 aliphatic heterocycles. The largest absolute Gasteiger partial charge is 0.463 e. The molecular weight excluding hydrogens is 298 g/mol. The van der Waals surface area contributed by atoms with Gasteiger partial charge in [-0.15, -0.1) is 11.3 Å². The second-order valence-corrected chi connectivity index (χ2v) is 6.42. The first-order valence-electron chi connectivity index (χ1n) is 6.07. The fourth-order valence-corrected chi connectivity index (χ4v) is 3.66. The zero-order chi connectivity index (χ0) is 13.9. The molecule has 2 aromatic rings. The van der Waals surface area contributed by atoms with Crippen LogP contribution < -0.4 is 0 Å². The van der Waals surface area contributed by atoms with E-state index in [0.29, 0.717) is 13.0 Å². The Morgan fingerprint density at radius 1 is 1.50 bits per heavy atom. The van der Waals surface area contributed by atoms with E-state index in [-0.39, 0.29) is 5.75 Å². The number of aromatic nitrogens is 1. The lowest BCUT2D eigenvalue weighted by Gasteiger charge is -2.06. The molecule has 0 unspecified atom stereocenters. The molecule has 1 atom stereocenters. The van der Waals surface area contributed by atoms with Gasteiger partial charge >= 0.3 is 11.9 Å². The van der Waals surface area contributed by atoms with Crippen molar-refractivity contribution in [2.24, 2.45) is 0 Å². The molecular formula is C13H11NO4S2. The van der Waals surface area contributed by atoms with Crippen molar-refractivity contribution in [3.8, 4) is 0 Å². The number of benzene rings is 1. The second kappa shape index (κ2) is 5.80. The van der Waals surface area contributed by atoms with E-state index >= 15 is 0 Å². The van der Waals surface area contributed by atoms with Crippen molar-refractivity contribution in [2.75, 3.05) is 12.4 Å². The number of esters is 2. The first-order valence-corrected chi connectivity index (χ1v) is 7.87. The predicted octanol–water partition coefficient (Wildman–Crippen LogP) is 2.25. The van der Waals surface area contributed by atoms with E-state index in [1.54, 1.807) is 0 Å². The standard InChI is InChI=1S/C13H11NO4S2/c15-11(18-9-5-6-17-12(9)16)7-19-13-14-8-3-1-2-4-10(8)20-13/h1-4,9H,5-7H2/t9-/m1/s1. The summed E-state index contributed by atoms with van der Waals surface area (Å²) in [6, 6.07) is 7.80. The fourth-order valence-electron chi connectivity index (χ4n) is 1.81. The van der Waals surface area contributed by atoms with Gasteiger partial charge in [-0.3, -0.25) is 4.79 Å². The van der Waals surface area contributed by atoms with Gasteiger partial charge in [0, 0.05) is 6.42 Å². The van der Waals surface area contributed by atoms with Gasteiger partial charge in [0.15, 0.2) is 4.34 Å². The highest BCUT2D eigenvalue weighted by Gasteiger charge is 2.30. The Morgan fingerprint density at radius 2 is 2.35 bits per heavy atom. The second-order valence-electron chi connectivity index (χ2n) is 4.17.